The van der Waals surface area contributed by atoms with Crippen molar-refractivity contribution in [2.75, 3.05) is 24.6 Å². The van der Waals surface area contributed by atoms with Crippen molar-refractivity contribution in [1.82, 2.24) is 5.32 Å². The van der Waals surface area contributed by atoms with Crippen LogP contribution in [0.25, 0.3) is 0 Å². The van der Waals surface area contributed by atoms with E-state index in [2.05, 4.69) is 5.32 Å². The Balaban J connectivity index is 2.28. The van der Waals surface area contributed by atoms with E-state index in [4.69, 9.17) is 4.74 Å². The van der Waals surface area contributed by atoms with E-state index in [0.29, 0.717) is 36.7 Å². The van der Waals surface area contributed by atoms with Crippen molar-refractivity contribution in [3.63, 3.8) is 0 Å². The lowest BCUT2D eigenvalue weighted by Gasteiger charge is -2.29. The summed E-state index contributed by atoms with van der Waals surface area (Å²) in [6, 6.07) is 5.02. The van der Waals surface area contributed by atoms with Crippen LogP contribution in [0.4, 0.5) is 10.5 Å². The number of benzene rings is 1. The van der Waals surface area contributed by atoms with Gasteiger partial charge in [0, 0.05) is 12.1 Å². The number of hydrogen-bond donors (Lipinski definition) is 1. The lowest BCUT2D eigenvalue weighted by atomic mass is 10.1. The average Bonchev–Trinajstić information content (AvgIpc) is 2.43. The molecule has 19 heavy (non-hydrogen) atoms. The highest BCUT2D eigenvalue weighted by Crippen LogP contribution is 2.32. The average molecular weight is 262 g/mol. The summed E-state index contributed by atoms with van der Waals surface area (Å²) in [5, 5.41) is 2.84. The van der Waals surface area contributed by atoms with Crippen LogP contribution in [-0.4, -0.2) is 31.5 Å². The first-order chi connectivity index (χ1) is 9.13. The van der Waals surface area contributed by atoms with Crippen LogP contribution in [0.15, 0.2) is 18.2 Å². The van der Waals surface area contributed by atoms with E-state index in [0.717, 1.165) is 6.42 Å². The first kappa shape index (κ1) is 13.4. The molecule has 2 rings (SSSR count). The fourth-order valence-electron chi connectivity index (χ4n) is 1.98. The highest BCUT2D eigenvalue weighted by Gasteiger charge is 2.24. The fraction of sp³-hybridized carbons (Fsp3) is 0.429. The van der Waals surface area contributed by atoms with Crippen molar-refractivity contribution >= 4 is 17.5 Å². The molecule has 1 aliphatic heterocycles. The number of ether oxygens (including phenoxy) is 1. The molecule has 1 heterocycles. The van der Waals surface area contributed by atoms with Crippen molar-refractivity contribution in [3.8, 4) is 5.75 Å². The van der Waals surface area contributed by atoms with E-state index in [1.807, 2.05) is 6.92 Å². The van der Waals surface area contributed by atoms with Crippen LogP contribution in [0.5, 0.6) is 5.75 Å². The summed E-state index contributed by atoms with van der Waals surface area (Å²) in [6.45, 7) is 5.10. The normalized spacial score (nSPS) is 13.5. The number of fused-ring (bicyclic) bond motifs is 1. The number of urea groups is 1. The van der Waals surface area contributed by atoms with Gasteiger partial charge in [-0.2, -0.15) is 0 Å². The maximum absolute atomic E-state index is 12.1. The zero-order valence-corrected chi connectivity index (χ0v) is 11.2. The Morgan fingerprint density at radius 1 is 1.42 bits per heavy atom. The predicted molar refractivity (Wildman–Crippen MR) is 73.0 cm³/mol. The fourth-order valence-corrected chi connectivity index (χ4v) is 1.98. The van der Waals surface area contributed by atoms with E-state index in [-0.39, 0.29) is 11.8 Å². The summed E-state index contributed by atoms with van der Waals surface area (Å²) >= 11 is 0. The lowest BCUT2D eigenvalue weighted by molar-refractivity contribution is 0.101. The molecule has 2 amide bonds. The molecule has 1 aliphatic rings. The molecule has 0 spiro atoms. The first-order valence-corrected chi connectivity index (χ1v) is 6.46. The Kier molecular flexibility index (Phi) is 4.04. The quantitative estimate of drug-likeness (QED) is 0.850. The van der Waals surface area contributed by atoms with Gasteiger partial charge in [0.15, 0.2) is 5.78 Å². The van der Waals surface area contributed by atoms with Crippen molar-refractivity contribution in [3.05, 3.63) is 23.8 Å². The first-order valence-electron chi connectivity index (χ1n) is 6.46. The third kappa shape index (κ3) is 2.86. The van der Waals surface area contributed by atoms with Crippen LogP contribution < -0.4 is 15.0 Å². The van der Waals surface area contributed by atoms with Gasteiger partial charge < -0.3 is 10.1 Å². The molecular formula is C14H18N2O3. The van der Waals surface area contributed by atoms with Crippen LogP contribution >= 0.6 is 0 Å². The molecule has 0 radical (unpaired) electrons. The van der Waals surface area contributed by atoms with Gasteiger partial charge in [-0.25, -0.2) is 4.79 Å². The minimum absolute atomic E-state index is 0.0257. The van der Waals surface area contributed by atoms with E-state index in [1.54, 1.807) is 23.1 Å². The van der Waals surface area contributed by atoms with Crippen LogP contribution in [0.1, 0.15) is 30.6 Å². The third-order valence-corrected chi connectivity index (χ3v) is 3.00. The maximum Gasteiger partial charge on any atom is 0.322 e. The lowest BCUT2D eigenvalue weighted by Crippen LogP contribution is -2.44. The number of carbonyl (C=O) groups is 2. The second-order valence-corrected chi connectivity index (χ2v) is 4.47. The van der Waals surface area contributed by atoms with Gasteiger partial charge in [-0.1, -0.05) is 6.92 Å². The molecule has 0 bridgehead atoms. The second kappa shape index (κ2) is 5.73. The summed E-state index contributed by atoms with van der Waals surface area (Å²) in [7, 11) is 0. The Labute approximate surface area is 112 Å². The standard InChI is InChI=1S/C14H18N2O3/c1-3-6-15-14(18)16-7-8-19-13-5-4-11(10(2)17)9-12(13)16/h4-5,9H,3,6-8H2,1-2H3,(H,15,18). The Bertz CT molecular complexity index is 499. The molecule has 5 nitrogen and oxygen atoms in total. The van der Waals surface area contributed by atoms with Crippen LogP contribution in [0, 0.1) is 0 Å². The molecule has 0 fully saturated rings. The number of nitrogens with zero attached hydrogens (tertiary/aromatic N) is 1. The van der Waals surface area contributed by atoms with Crippen LogP contribution in [-0.2, 0) is 0 Å². The number of carbonyl (C=O) groups excluding carboxylic acids is 2. The van der Waals surface area contributed by atoms with Crippen molar-refractivity contribution in [2.24, 2.45) is 0 Å². The van der Waals surface area contributed by atoms with Crippen molar-refractivity contribution < 1.29 is 14.3 Å². The zero-order chi connectivity index (χ0) is 13.8. The van der Waals surface area contributed by atoms with Gasteiger partial charge in [0.1, 0.15) is 12.4 Å². The molecule has 0 atom stereocenters. The van der Waals surface area contributed by atoms with Gasteiger partial charge in [-0.15, -0.1) is 0 Å². The smallest absolute Gasteiger partial charge is 0.322 e. The largest absolute Gasteiger partial charge is 0.490 e. The monoisotopic (exact) mass is 262 g/mol. The number of nitrogens with one attached hydrogen (secondary N) is 1. The molecule has 0 unspecified atom stereocenters. The predicted octanol–water partition coefficient (Wildman–Crippen LogP) is 2.21. The van der Waals surface area contributed by atoms with E-state index in [1.165, 1.54) is 6.92 Å². The molecule has 1 aromatic rings. The van der Waals surface area contributed by atoms with Gasteiger partial charge in [0.25, 0.3) is 0 Å². The Morgan fingerprint density at radius 3 is 2.89 bits per heavy atom. The number of ketones is 1. The van der Waals surface area contributed by atoms with Crippen LogP contribution in [0.2, 0.25) is 0 Å². The zero-order valence-electron chi connectivity index (χ0n) is 11.2. The van der Waals surface area contributed by atoms with E-state index < -0.39 is 0 Å². The summed E-state index contributed by atoms with van der Waals surface area (Å²) in [4.78, 5) is 25.1. The summed E-state index contributed by atoms with van der Waals surface area (Å²) in [6.07, 6.45) is 0.885. The van der Waals surface area contributed by atoms with E-state index >= 15 is 0 Å². The van der Waals surface area contributed by atoms with Crippen molar-refractivity contribution in [2.45, 2.75) is 20.3 Å². The molecule has 1 aromatic carbocycles. The molecule has 0 aliphatic carbocycles. The van der Waals surface area contributed by atoms with Crippen LogP contribution in [0.3, 0.4) is 0 Å². The molecular weight excluding hydrogens is 244 g/mol. The van der Waals surface area contributed by atoms with Gasteiger partial charge >= 0.3 is 6.03 Å². The van der Waals surface area contributed by atoms with Gasteiger partial charge in [-0.05, 0) is 31.5 Å². The third-order valence-electron chi connectivity index (χ3n) is 3.00. The van der Waals surface area contributed by atoms with Gasteiger partial charge in [0.05, 0.1) is 12.2 Å². The van der Waals surface area contributed by atoms with Gasteiger partial charge in [-0.3, -0.25) is 9.69 Å². The minimum Gasteiger partial charge on any atom is -0.490 e. The molecule has 102 valence electrons. The molecule has 5 heteroatoms. The maximum atomic E-state index is 12.1. The Morgan fingerprint density at radius 2 is 2.21 bits per heavy atom. The van der Waals surface area contributed by atoms with Crippen molar-refractivity contribution in [1.29, 1.82) is 0 Å². The number of Topliss-reactive ketones (excluding diaryl/α,β-unsaturated/α-hetero) is 1. The number of anilines is 1. The SMILES string of the molecule is CCCNC(=O)N1CCOc2ccc(C(C)=O)cc21. The Hall–Kier alpha value is -2.04. The molecule has 0 saturated heterocycles. The topological polar surface area (TPSA) is 58.6 Å². The number of amides is 2. The number of rotatable bonds is 3. The molecule has 0 aromatic heterocycles. The summed E-state index contributed by atoms with van der Waals surface area (Å²) < 4.78 is 5.51. The highest BCUT2D eigenvalue weighted by atomic mass is 16.5. The summed E-state index contributed by atoms with van der Waals surface area (Å²) in [5.74, 6) is 0.616. The molecule has 0 saturated carbocycles. The summed E-state index contributed by atoms with van der Waals surface area (Å²) in [5.41, 5.74) is 1.24. The minimum atomic E-state index is -0.146. The highest BCUT2D eigenvalue weighted by molar-refractivity contribution is 5.99. The second-order valence-electron chi connectivity index (χ2n) is 4.47. The number of hydrogen-bond acceptors (Lipinski definition) is 3. The van der Waals surface area contributed by atoms with E-state index in [9.17, 15) is 9.59 Å². The molecule has 1 N–H and O–H groups in total. The van der Waals surface area contributed by atoms with Gasteiger partial charge in [0.2, 0.25) is 0 Å².